The van der Waals surface area contributed by atoms with Crippen molar-refractivity contribution in [3.8, 4) is 11.3 Å². The molecule has 18 heavy (non-hydrogen) atoms. The van der Waals surface area contributed by atoms with Gasteiger partial charge in [0.25, 0.3) is 5.69 Å². The lowest BCUT2D eigenvalue weighted by molar-refractivity contribution is -0.384. The van der Waals surface area contributed by atoms with E-state index in [1.165, 1.54) is 23.5 Å². The van der Waals surface area contributed by atoms with Crippen LogP contribution in [0.15, 0.2) is 23.6 Å². The van der Waals surface area contributed by atoms with E-state index in [9.17, 15) is 10.1 Å². The lowest BCUT2D eigenvalue weighted by atomic mass is 10.1. The summed E-state index contributed by atoms with van der Waals surface area (Å²) in [5.74, 6) is 0. The van der Waals surface area contributed by atoms with Crippen LogP contribution in [0.1, 0.15) is 5.01 Å². The molecule has 1 aromatic heterocycles. The van der Waals surface area contributed by atoms with Crippen LogP contribution in [0.3, 0.4) is 0 Å². The number of nitrogens with zero attached hydrogens (tertiary/aromatic N) is 2. The molecule has 0 saturated carbocycles. The number of thiazole rings is 1. The van der Waals surface area contributed by atoms with Gasteiger partial charge in [0, 0.05) is 23.6 Å². The smallest absolute Gasteiger partial charge is 0.288 e. The fraction of sp³-hybridized carbons (Fsp3) is 0.182. The number of hydrogen-bond donors (Lipinski definition) is 1. The maximum atomic E-state index is 10.8. The Labute approximate surface area is 113 Å². The van der Waals surface area contributed by atoms with Crippen LogP contribution in [0, 0.1) is 10.1 Å². The monoisotopic (exact) mass is 283 g/mol. The van der Waals surface area contributed by atoms with Crippen LogP contribution in [0.25, 0.3) is 11.3 Å². The summed E-state index contributed by atoms with van der Waals surface area (Å²) in [7, 11) is 1.84. The van der Waals surface area contributed by atoms with Gasteiger partial charge in [-0.1, -0.05) is 17.7 Å². The molecule has 0 amide bonds. The van der Waals surface area contributed by atoms with Crippen molar-refractivity contribution in [1.82, 2.24) is 10.3 Å². The van der Waals surface area contributed by atoms with Gasteiger partial charge in [0.05, 0.1) is 10.6 Å². The number of benzene rings is 1. The van der Waals surface area contributed by atoms with Crippen molar-refractivity contribution < 1.29 is 4.92 Å². The molecule has 1 aromatic carbocycles. The minimum Gasteiger partial charge on any atom is -0.314 e. The zero-order valence-electron chi connectivity index (χ0n) is 9.51. The van der Waals surface area contributed by atoms with E-state index in [1.54, 1.807) is 6.07 Å². The predicted octanol–water partition coefficient (Wildman–Crippen LogP) is 3.09. The topological polar surface area (TPSA) is 68.1 Å². The van der Waals surface area contributed by atoms with Gasteiger partial charge in [0.15, 0.2) is 0 Å². The number of halogens is 1. The summed E-state index contributed by atoms with van der Waals surface area (Å²) in [6, 6.07) is 4.69. The van der Waals surface area contributed by atoms with Gasteiger partial charge in [-0.15, -0.1) is 11.3 Å². The van der Waals surface area contributed by atoms with E-state index in [-0.39, 0.29) is 10.7 Å². The molecule has 1 heterocycles. The van der Waals surface area contributed by atoms with Crippen molar-refractivity contribution in [1.29, 1.82) is 0 Å². The largest absolute Gasteiger partial charge is 0.314 e. The molecule has 7 heteroatoms. The quantitative estimate of drug-likeness (QED) is 0.691. The second-order valence-corrected chi connectivity index (χ2v) is 4.93. The molecule has 94 valence electrons. The molecule has 0 aliphatic rings. The van der Waals surface area contributed by atoms with Crippen LogP contribution in [-0.4, -0.2) is 17.0 Å². The molecule has 0 bridgehead atoms. The third-order valence-electron chi connectivity index (χ3n) is 2.32. The van der Waals surface area contributed by atoms with Crippen molar-refractivity contribution in [2.45, 2.75) is 6.54 Å². The minimum atomic E-state index is -0.493. The van der Waals surface area contributed by atoms with Gasteiger partial charge >= 0.3 is 0 Å². The molecule has 0 radical (unpaired) electrons. The molecule has 0 aliphatic heterocycles. The number of nitro groups is 1. The van der Waals surface area contributed by atoms with Crippen LogP contribution >= 0.6 is 22.9 Å². The lowest BCUT2D eigenvalue weighted by Gasteiger charge is -1.99. The molecule has 0 saturated heterocycles. The number of nitrogens with one attached hydrogen (secondary N) is 1. The van der Waals surface area contributed by atoms with Crippen LogP contribution < -0.4 is 5.32 Å². The first-order valence-corrected chi connectivity index (χ1v) is 6.41. The molecule has 5 nitrogen and oxygen atoms in total. The number of hydrogen-bond acceptors (Lipinski definition) is 5. The average Bonchev–Trinajstić information content (AvgIpc) is 2.78. The Bertz CT molecular complexity index is 585. The van der Waals surface area contributed by atoms with Gasteiger partial charge < -0.3 is 5.32 Å². The molecule has 2 rings (SSSR count). The van der Waals surface area contributed by atoms with Crippen molar-refractivity contribution in [2.75, 3.05) is 7.05 Å². The molecule has 0 fully saturated rings. The van der Waals surface area contributed by atoms with Crippen molar-refractivity contribution >= 4 is 28.6 Å². The Morgan fingerprint density at radius 2 is 2.33 bits per heavy atom. The Balaban J connectivity index is 2.38. The maximum absolute atomic E-state index is 10.8. The van der Waals surface area contributed by atoms with E-state index in [1.807, 2.05) is 12.4 Å². The molecule has 0 unspecified atom stereocenters. The van der Waals surface area contributed by atoms with Gasteiger partial charge in [-0.3, -0.25) is 10.1 Å². The molecule has 2 aromatic rings. The second-order valence-electron chi connectivity index (χ2n) is 3.58. The summed E-state index contributed by atoms with van der Waals surface area (Å²) in [5.41, 5.74) is 1.33. The summed E-state index contributed by atoms with van der Waals surface area (Å²) in [6.45, 7) is 0.681. The van der Waals surface area contributed by atoms with E-state index >= 15 is 0 Å². The highest BCUT2D eigenvalue weighted by molar-refractivity contribution is 7.09. The van der Waals surface area contributed by atoms with Gasteiger partial charge in [0.1, 0.15) is 10.0 Å². The lowest BCUT2D eigenvalue weighted by Crippen LogP contribution is -2.04. The van der Waals surface area contributed by atoms with Crippen LogP contribution in [0.5, 0.6) is 0 Å². The van der Waals surface area contributed by atoms with Crippen LogP contribution in [0.4, 0.5) is 5.69 Å². The molecule has 0 atom stereocenters. The van der Waals surface area contributed by atoms with E-state index in [0.717, 1.165) is 10.7 Å². The summed E-state index contributed by atoms with van der Waals surface area (Å²) in [4.78, 5) is 14.7. The summed E-state index contributed by atoms with van der Waals surface area (Å²) < 4.78 is 0. The Kier molecular flexibility index (Phi) is 3.90. The van der Waals surface area contributed by atoms with Crippen molar-refractivity contribution in [3.05, 3.63) is 43.7 Å². The number of aromatic nitrogens is 1. The van der Waals surface area contributed by atoms with Crippen molar-refractivity contribution in [2.24, 2.45) is 0 Å². The van der Waals surface area contributed by atoms with E-state index in [2.05, 4.69) is 10.3 Å². The minimum absolute atomic E-state index is 0.0997. The third kappa shape index (κ3) is 2.66. The zero-order chi connectivity index (χ0) is 13.1. The fourth-order valence-electron chi connectivity index (χ4n) is 1.49. The van der Waals surface area contributed by atoms with Gasteiger partial charge in [-0.05, 0) is 13.1 Å². The Hall–Kier alpha value is -1.50. The van der Waals surface area contributed by atoms with E-state index < -0.39 is 4.92 Å². The standard InChI is InChI=1S/C11H10ClN3O2S/c1-13-5-11-14-9(6-18-11)7-2-3-8(12)10(4-7)15(16)17/h2-4,6,13H,5H2,1H3. The number of nitro benzene ring substituents is 1. The molecular weight excluding hydrogens is 274 g/mol. The predicted molar refractivity (Wildman–Crippen MR) is 72.0 cm³/mol. The first-order chi connectivity index (χ1) is 8.61. The zero-order valence-corrected chi connectivity index (χ0v) is 11.1. The molecule has 1 N–H and O–H groups in total. The Morgan fingerprint density at radius 1 is 1.56 bits per heavy atom. The summed E-state index contributed by atoms with van der Waals surface area (Å²) in [5, 5.41) is 16.8. The first-order valence-electron chi connectivity index (χ1n) is 5.15. The SMILES string of the molecule is CNCc1nc(-c2ccc(Cl)c([N+](=O)[O-])c2)cs1. The second kappa shape index (κ2) is 5.43. The normalized spacial score (nSPS) is 10.6. The summed E-state index contributed by atoms with van der Waals surface area (Å²) in [6.07, 6.45) is 0. The van der Waals surface area contributed by atoms with E-state index in [0.29, 0.717) is 12.1 Å². The van der Waals surface area contributed by atoms with Crippen LogP contribution in [-0.2, 0) is 6.54 Å². The van der Waals surface area contributed by atoms with Crippen molar-refractivity contribution in [3.63, 3.8) is 0 Å². The fourth-order valence-corrected chi connectivity index (χ4v) is 2.49. The highest BCUT2D eigenvalue weighted by Gasteiger charge is 2.14. The van der Waals surface area contributed by atoms with E-state index in [4.69, 9.17) is 11.6 Å². The highest BCUT2D eigenvalue weighted by atomic mass is 35.5. The average molecular weight is 284 g/mol. The highest BCUT2D eigenvalue weighted by Crippen LogP contribution is 2.30. The van der Waals surface area contributed by atoms with Gasteiger partial charge in [-0.2, -0.15) is 0 Å². The Morgan fingerprint density at radius 3 is 3.00 bits per heavy atom. The molecule has 0 aliphatic carbocycles. The number of rotatable bonds is 4. The maximum Gasteiger partial charge on any atom is 0.288 e. The first kappa shape index (κ1) is 12.9. The third-order valence-corrected chi connectivity index (χ3v) is 3.49. The van der Waals surface area contributed by atoms with Gasteiger partial charge in [0.2, 0.25) is 0 Å². The molecular formula is C11H10ClN3O2S. The summed E-state index contributed by atoms with van der Waals surface area (Å²) >= 11 is 7.28. The molecule has 0 spiro atoms. The van der Waals surface area contributed by atoms with Crippen LogP contribution in [0.2, 0.25) is 5.02 Å². The van der Waals surface area contributed by atoms with Gasteiger partial charge in [-0.25, -0.2) is 4.98 Å².